The van der Waals surface area contributed by atoms with Gasteiger partial charge < -0.3 is 5.32 Å². The predicted octanol–water partition coefficient (Wildman–Crippen LogP) is 5.65. The number of hydrogen-bond acceptors (Lipinski definition) is 6. The number of nitrogens with one attached hydrogen (secondary N) is 2. The van der Waals surface area contributed by atoms with E-state index >= 15 is 0 Å². The molecule has 1 amide bonds. The number of sulfonamides is 1. The predicted molar refractivity (Wildman–Crippen MR) is 152 cm³/mol. The largest absolute Gasteiger partial charge is 0.312 e. The molecular weight excluding hydrogens is 540 g/mol. The number of anilines is 2. The Labute approximate surface area is 232 Å². The number of halogens is 1. The van der Waals surface area contributed by atoms with Gasteiger partial charge in [-0.25, -0.2) is 8.42 Å². The summed E-state index contributed by atoms with van der Waals surface area (Å²) in [6.45, 7) is 2.42. The summed E-state index contributed by atoms with van der Waals surface area (Å²) < 4.78 is 27.6. The standard InChI is InChI=1S/C28H24N4O3S2.ClH/c29-17-25-24-15-16-32(18-20-7-3-1-4-8-20)19-26(24)36-28(25)30-27(33)21-11-13-22(14-12-21)31-37(34,35)23-9-5-2-6-10-23;/h1-14,31H,15-16,18-19H2,(H,30,33);1H. The molecule has 2 heterocycles. The molecule has 10 heteroatoms. The zero-order valence-electron chi connectivity index (χ0n) is 20.3. The van der Waals surface area contributed by atoms with Crippen molar-refractivity contribution >= 4 is 50.4 Å². The molecule has 3 aromatic carbocycles. The lowest BCUT2D eigenvalue weighted by molar-refractivity contribution is 0.102. The van der Waals surface area contributed by atoms with Gasteiger partial charge in [-0.3, -0.25) is 14.4 Å². The molecule has 0 atom stereocenters. The third-order valence-corrected chi connectivity index (χ3v) is 8.71. The first-order valence-corrected chi connectivity index (χ1v) is 14.0. The minimum absolute atomic E-state index is 0. The number of benzene rings is 3. The molecule has 5 rings (SSSR count). The van der Waals surface area contributed by atoms with Crippen molar-refractivity contribution in [2.75, 3.05) is 16.6 Å². The van der Waals surface area contributed by atoms with Crippen molar-refractivity contribution in [1.29, 1.82) is 5.26 Å². The second kappa shape index (κ2) is 11.8. The van der Waals surface area contributed by atoms with Crippen molar-refractivity contribution in [2.24, 2.45) is 0 Å². The smallest absolute Gasteiger partial charge is 0.261 e. The maximum atomic E-state index is 13.0. The van der Waals surface area contributed by atoms with Gasteiger partial charge in [0.25, 0.3) is 15.9 Å². The molecule has 7 nitrogen and oxygen atoms in total. The summed E-state index contributed by atoms with van der Waals surface area (Å²) >= 11 is 1.44. The third-order valence-electron chi connectivity index (χ3n) is 6.18. The van der Waals surface area contributed by atoms with E-state index in [2.05, 4.69) is 33.1 Å². The summed E-state index contributed by atoms with van der Waals surface area (Å²) in [6, 6.07) is 26.8. The first kappa shape index (κ1) is 27.4. The zero-order chi connectivity index (χ0) is 25.8. The molecule has 0 aliphatic carbocycles. The number of carbonyl (C=O) groups excluding carboxylic acids is 1. The molecule has 2 N–H and O–H groups in total. The number of hydrogen-bond donors (Lipinski definition) is 2. The lowest BCUT2D eigenvalue weighted by Gasteiger charge is -2.26. The van der Waals surface area contributed by atoms with E-state index in [-0.39, 0.29) is 23.2 Å². The average Bonchev–Trinajstić information content (AvgIpc) is 3.26. The molecule has 0 radical (unpaired) electrons. The summed E-state index contributed by atoms with van der Waals surface area (Å²) in [5.41, 5.74) is 3.50. The first-order valence-electron chi connectivity index (χ1n) is 11.7. The number of thiophene rings is 1. The van der Waals surface area contributed by atoms with Gasteiger partial charge in [-0.1, -0.05) is 48.5 Å². The third kappa shape index (κ3) is 6.06. The molecule has 0 spiro atoms. The number of carbonyl (C=O) groups is 1. The Kier molecular flexibility index (Phi) is 8.49. The van der Waals surface area contributed by atoms with Crippen LogP contribution in [0.25, 0.3) is 0 Å². The Hall–Kier alpha value is -3.68. The van der Waals surface area contributed by atoms with Crippen molar-refractivity contribution in [2.45, 2.75) is 24.4 Å². The van der Waals surface area contributed by atoms with Gasteiger partial charge >= 0.3 is 0 Å². The lowest BCUT2D eigenvalue weighted by atomic mass is 10.0. The highest BCUT2D eigenvalue weighted by atomic mass is 35.5. The number of amides is 1. The SMILES string of the molecule is Cl.N#Cc1c(NC(=O)c2ccc(NS(=O)(=O)c3ccccc3)cc2)sc2c1CCN(Cc1ccccc1)C2. The fraction of sp³-hybridized carbons (Fsp3) is 0.143. The topological polar surface area (TPSA) is 102 Å². The highest BCUT2D eigenvalue weighted by Crippen LogP contribution is 2.37. The summed E-state index contributed by atoms with van der Waals surface area (Å²) in [5, 5.41) is 13.3. The summed E-state index contributed by atoms with van der Waals surface area (Å²) in [5.74, 6) is -0.353. The second-order valence-corrected chi connectivity index (χ2v) is 11.5. The molecular formula is C28H25ClN4O3S2. The van der Waals surface area contributed by atoms with E-state index in [1.165, 1.54) is 29.0 Å². The molecule has 0 saturated heterocycles. The molecule has 194 valence electrons. The fourth-order valence-electron chi connectivity index (χ4n) is 4.32. The molecule has 0 unspecified atom stereocenters. The van der Waals surface area contributed by atoms with E-state index in [1.54, 1.807) is 42.5 Å². The van der Waals surface area contributed by atoms with Crippen LogP contribution in [0, 0.1) is 11.3 Å². The summed E-state index contributed by atoms with van der Waals surface area (Å²) in [6.07, 6.45) is 0.758. The molecule has 0 fully saturated rings. The van der Waals surface area contributed by atoms with Gasteiger partial charge in [0.15, 0.2) is 0 Å². The van der Waals surface area contributed by atoms with Crippen molar-refractivity contribution < 1.29 is 13.2 Å². The van der Waals surface area contributed by atoms with E-state index in [9.17, 15) is 18.5 Å². The van der Waals surface area contributed by atoms with Gasteiger partial charge in [0, 0.05) is 35.8 Å². The Bertz CT molecular complexity index is 1570. The quantitative estimate of drug-likeness (QED) is 0.302. The van der Waals surface area contributed by atoms with Gasteiger partial charge in [0.2, 0.25) is 0 Å². The van der Waals surface area contributed by atoms with E-state index in [4.69, 9.17) is 0 Å². The first-order chi connectivity index (χ1) is 17.9. The van der Waals surface area contributed by atoms with Crippen molar-refractivity contribution in [1.82, 2.24) is 4.90 Å². The van der Waals surface area contributed by atoms with E-state index < -0.39 is 10.0 Å². The Balaban J connectivity index is 0.00000336. The average molecular weight is 565 g/mol. The van der Waals surface area contributed by atoms with E-state index in [1.807, 2.05) is 18.2 Å². The van der Waals surface area contributed by atoms with Crippen LogP contribution < -0.4 is 10.0 Å². The van der Waals surface area contributed by atoms with Crippen LogP contribution in [0.5, 0.6) is 0 Å². The molecule has 0 saturated carbocycles. The van der Waals surface area contributed by atoms with Gasteiger partial charge in [0.05, 0.1) is 10.5 Å². The van der Waals surface area contributed by atoms with Crippen LogP contribution in [-0.4, -0.2) is 25.8 Å². The Morgan fingerprint density at radius 3 is 2.29 bits per heavy atom. The molecule has 0 bridgehead atoms. The van der Waals surface area contributed by atoms with E-state index in [0.29, 0.717) is 21.8 Å². The Morgan fingerprint density at radius 1 is 0.974 bits per heavy atom. The van der Waals surface area contributed by atoms with Crippen molar-refractivity contribution in [3.05, 3.63) is 112 Å². The van der Waals surface area contributed by atoms with Crippen LogP contribution in [0.1, 0.15) is 31.9 Å². The highest BCUT2D eigenvalue weighted by Gasteiger charge is 2.25. The number of fused-ring (bicyclic) bond motifs is 1. The van der Waals surface area contributed by atoms with Crippen LogP contribution in [0.3, 0.4) is 0 Å². The van der Waals surface area contributed by atoms with Crippen molar-refractivity contribution in [3.8, 4) is 6.07 Å². The minimum Gasteiger partial charge on any atom is -0.312 e. The second-order valence-electron chi connectivity index (χ2n) is 8.72. The summed E-state index contributed by atoms with van der Waals surface area (Å²) in [4.78, 5) is 16.6. The minimum atomic E-state index is -3.72. The van der Waals surface area contributed by atoms with Gasteiger partial charge in [-0.15, -0.1) is 23.7 Å². The van der Waals surface area contributed by atoms with Crippen LogP contribution in [-0.2, 0) is 29.5 Å². The van der Waals surface area contributed by atoms with Crippen molar-refractivity contribution in [3.63, 3.8) is 0 Å². The number of nitrogens with zero attached hydrogens (tertiary/aromatic N) is 2. The number of rotatable bonds is 7. The normalized spacial score (nSPS) is 13.0. The Morgan fingerprint density at radius 2 is 1.63 bits per heavy atom. The maximum Gasteiger partial charge on any atom is 0.261 e. The monoisotopic (exact) mass is 564 g/mol. The van der Waals surface area contributed by atoms with Crippen LogP contribution >= 0.6 is 23.7 Å². The number of nitriles is 1. The molecule has 1 aliphatic heterocycles. The van der Waals surface area contributed by atoms with Crippen LogP contribution in [0.4, 0.5) is 10.7 Å². The van der Waals surface area contributed by atoms with Gasteiger partial charge in [-0.2, -0.15) is 5.26 Å². The maximum absolute atomic E-state index is 13.0. The summed E-state index contributed by atoms with van der Waals surface area (Å²) in [7, 11) is -3.72. The zero-order valence-corrected chi connectivity index (χ0v) is 22.7. The van der Waals surface area contributed by atoms with Gasteiger partial charge in [-0.05, 0) is 53.9 Å². The molecule has 4 aromatic rings. The molecule has 1 aromatic heterocycles. The lowest BCUT2D eigenvalue weighted by Crippen LogP contribution is -2.29. The van der Waals surface area contributed by atoms with Gasteiger partial charge in [0.1, 0.15) is 11.1 Å². The van der Waals surface area contributed by atoms with E-state index in [0.717, 1.165) is 36.5 Å². The van der Waals surface area contributed by atoms with Crippen LogP contribution in [0.2, 0.25) is 0 Å². The molecule has 38 heavy (non-hydrogen) atoms. The van der Waals surface area contributed by atoms with Crippen LogP contribution in [0.15, 0.2) is 89.8 Å². The molecule has 1 aliphatic rings. The fourth-order valence-corrected chi connectivity index (χ4v) is 6.63. The highest BCUT2D eigenvalue weighted by molar-refractivity contribution is 7.92.